The number of carbonyl (C=O) groups is 1. The van der Waals surface area contributed by atoms with E-state index < -0.39 is 0 Å². The number of unbranched alkanes of at least 4 members (excludes halogenated alkanes) is 1. The van der Waals surface area contributed by atoms with Crippen LogP contribution in [0.5, 0.6) is 5.75 Å². The SMILES string of the molecule is CCCCC(CC)C(=O)c1ccccc1OC(C)C. The maximum absolute atomic E-state index is 12.6. The number of carbonyl (C=O) groups excluding carboxylic acids is 1. The molecule has 0 amide bonds. The molecule has 1 unspecified atom stereocenters. The van der Waals surface area contributed by atoms with E-state index in [1.54, 1.807) is 0 Å². The quantitative estimate of drug-likeness (QED) is 0.624. The summed E-state index contributed by atoms with van der Waals surface area (Å²) < 4.78 is 5.74. The molecule has 2 heteroatoms. The Morgan fingerprint density at radius 3 is 2.47 bits per heavy atom. The second-order valence-corrected chi connectivity index (χ2v) is 5.27. The van der Waals surface area contributed by atoms with Crippen LogP contribution in [0.4, 0.5) is 0 Å². The topological polar surface area (TPSA) is 26.3 Å². The van der Waals surface area contributed by atoms with E-state index in [0.717, 1.165) is 37.0 Å². The van der Waals surface area contributed by atoms with Crippen LogP contribution in [0.25, 0.3) is 0 Å². The first-order valence-electron chi connectivity index (χ1n) is 7.40. The second-order valence-electron chi connectivity index (χ2n) is 5.27. The van der Waals surface area contributed by atoms with Gasteiger partial charge in [0.15, 0.2) is 5.78 Å². The molecule has 0 saturated heterocycles. The molecule has 106 valence electrons. The maximum Gasteiger partial charge on any atom is 0.169 e. The number of hydrogen-bond acceptors (Lipinski definition) is 2. The fourth-order valence-corrected chi connectivity index (χ4v) is 2.22. The molecule has 1 rings (SSSR count). The first-order chi connectivity index (χ1) is 9.10. The highest BCUT2D eigenvalue weighted by atomic mass is 16.5. The highest BCUT2D eigenvalue weighted by Gasteiger charge is 2.21. The van der Waals surface area contributed by atoms with Crippen LogP contribution in [0.1, 0.15) is 63.7 Å². The van der Waals surface area contributed by atoms with Crippen molar-refractivity contribution in [3.63, 3.8) is 0 Å². The minimum Gasteiger partial charge on any atom is -0.490 e. The van der Waals surface area contributed by atoms with E-state index in [2.05, 4.69) is 13.8 Å². The maximum atomic E-state index is 12.6. The Morgan fingerprint density at radius 1 is 1.21 bits per heavy atom. The van der Waals surface area contributed by atoms with Gasteiger partial charge in [0.1, 0.15) is 5.75 Å². The van der Waals surface area contributed by atoms with E-state index in [9.17, 15) is 4.79 Å². The van der Waals surface area contributed by atoms with Crippen LogP contribution >= 0.6 is 0 Å². The summed E-state index contributed by atoms with van der Waals surface area (Å²) >= 11 is 0. The number of ether oxygens (including phenoxy) is 1. The lowest BCUT2D eigenvalue weighted by atomic mass is 9.90. The molecule has 0 N–H and O–H groups in total. The van der Waals surface area contributed by atoms with Crippen molar-refractivity contribution in [2.24, 2.45) is 5.92 Å². The van der Waals surface area contributed by atoms with Crippen molar-refractivity contribution >= 4 is 5.78 Å². The van der Waals surface area contributed by atoms with E-state index >= 15 is 0 Å². The number of benzene rings is 1. The van der Waals surface area contributed by atoms with Gasteiger partial charge in [0, 0.05) is 5.92 Å². The van der Waals surface area contributed by atoms with Crippen LogP contribution in [-0.4, -0.2) is 11.9 Å². The molecular weight excluding hydrogens is 236 g/mol. The van der Waals surface area contributed by atoms with E-state index in [4.69, 9.17) is 4.74 Å². The third kappa shape index (κ3) is 4.70. The summed E-state index contributed by atoms with van der Waals surface area (Å²) in [5.74, 6) is 1.07. The number of rotatable bonds is 8. The Hall–Kier alpha value is -1.31. The molecule has 0 aromatic heterocycles. The monoisotopic (exact) mass is 262 g/mol. The van der Waals surface area contributed by atoms with Crippen molar-refractivity contribution < 1.29 is 9.53 Å². The summed E-state index contributed by atoms with van der Waals surface area (Å²) in [5, 5.41) is 0. The van der Waals surface area contributed by atoms with Gasteiger partial charge in [-0.1, -0.05) is 38.8 Å². The van der Waals surface area contributed by atoms with E-state index in [-0.39, 0.29) is 17.8 Å². The number of para-hydroxylation sites is 1. The molecule has 0 aliphatic carbocycles. The molecular formula is C17H26O2. The van der Waals surface area contributed by atoms with Gasteiger partial charge < -0.3 is 4.74 Å². The van der Waals surface area contributed by atoms with Crippen LogP contribution in [0.3, 0.4) is 0 Å². The normalized spacial score (nSPS) is 12.5. The Labute approximate surface area is 117 Å². The molecule has 0 bridgehead atoms. The average molecular weight is 262 g/mol. The molecule has 1 atom stereocenters. The minimum absolute atomic E-state index is 0.0877. The summed E-state index contributed by atoms with van der Waals surface area (Å²) in [6.07, 6.45) is 4.20. The predicted octanol–water partition coefficient (Wildman–Crippen LogP) is 4.87. The highest BCUT2D eigenvalue weighted by Crippen LogP contribution is 2.26. The summed E-state index contributed by atoms with van der Waals surface area (Å²) in [7, 11) is 0. The van der Waals surface area contributed by atoms with Crippen LogP contribution < -0.4 is 4.74 Å². The smallest absolute Gasteiger partial charge is 0.169 e. The lowest BCUT2D eigenvalue weighted by Gasteiger charge is -2.17. The molecule has 2 nitrogen and oxygen atoms in total. The highest BCUT2D eigenvalue weighted by molar-refractivity contribution is 6.00. The van der Waals surface area contributed by atoms with Crippen LogP contribution in [0.2, 0.25) is 0 Å². The molecule has 1 aromatic carbocycles. The van der Waals surface area contributed by atoms with E-state index in [0.29, 0.717) is 0 Å². The van der Waals surface area contributed by atoms with Gasteiger partial charge in [-0.25, -0.2) is 0 Å². The van der Waals surface area contributed by atoms with Gasteiger partial charge in [-0.2, -0.15) is 0 Å². The van der Waals surface area contributed by atoms with Gasteiger partial charge in [0.2, 0.25) is 0 Å². The Morgan fingerprint density at radius 2 is 1.89 bits per heavy atom. The van der Waals surface area contributed by atoms with Crippen molar-refractivity contribution in [3.05, 3.63) is 29.8 Å². The van der Waals surface area contributed by atoms with Crippen LogP contribution in [0, 0.1) is 5.92 Å². The van der Waals surface area contributed by atoms with Crippen molar-refractivity contribution in [3.8, 4) is 5.75 Å². The molecule has 0 radical (unpaired) electrons. The first-order valence-corrected chi connectivity index (χ1v) is 7.40. The fourth-order valence-electron chi connectivity index (χ4n) is 2.22. The van der Waals surface area contributed by atoms with Gasteiger partial charge in [0.05, 0.1) is 11.7 Å². The molecule has 0 saturated carbocycles. The third-order valence-electron chi connectivity index (χ3n) is 3.28. The largest absolute Gasteiger partial charge is 0.490 e. The van der Waals surface area contributed by atoms with Crippen molar-refractivity contribution in [1.82, 2.24) is 0 Å². The van der Waals surface area contributed by atoms with Crippen molar-refractivity contribution in [2.45, 2.75) is 59.5 Å². The molecule has 0 fully saturated rings. The molecule has 0 spiro atoms. The van der Waals surface area contributed by atoms with Gasteiger partial charge in [-0.3, -0.25) is 4.79 Å². The van der Waals surface area contributed by atoms with Gasteiger partial charge >= 0.3 is 0 Å². The zero-order valence-corrected chi connectivity index (χ0v) is 12.6. The van der Waals surface area contributed by atoms with Gasteiger partial charge in [-0.15, -0.1) is 0 Å². The van der Waals surface area contributed by atoms with Gasteiger partial charge in [0.25, 0.3) is 0 Å². The summed E-state index contributed by atoms with van der Waals surface area (Å²) in [6.45, 7) is 8.21. The average Bonchev–Trinajstić information content (AvgIpc) is 2.39. The number of Topliss-reactive ketones (excluding diaryl/α,β-unsaturated/α-hetero) is 1. The van der Waals surface area contributed by atoms with E-state index in [1.165, 1.54) is 0 Å². The summed E-state index contributed by atoms with van der Waals surface area (Å²) in [4.78, 5) is 12.6. The van der Waals surface area contributed by atoms with Crippen molar-refractivity contribution in [1.29, 1.82) is 0 Å². The zero-order valence-electron chi connectivity index (χ0n) is 12.6. The van der Waals surface area contributed by atoms with E-state index in [1.807, 2.05) is 38.1 Å². The molecule has 0 heterocycles. The standard InChI is InChI=1S/C17H26O2/c1-5-7-10-14(6-2)17(18)15-11-8-9-12-16(15)19-13(3)4/h8-9,11-14H,5-7,10H2,1-4H3. The number of hydrogen-bond donors (Lipinski definition) is 0. The molecule has 19 heavy (non-hydrogen) atoms. The Kier molecular flexibility index (Phi) is 6.61. The fraction of sp³-hybridized carbons (Fsp3) is 0.588. The first kappa shape index (κ1) is 15.7. The summed E-state index contributed by atoms with van der Waals surface area (Å²) in [6, 6.07) is 7.60. The molecule has 1 aromatic rings. The van der Waals surface area contributed by atoms with Crippen LogP contribution in [0.15, 0.2) is 24.3 Å². The lowest BCUT2D eigenvalue weighted by molar-refractivity contribution is 0.0902. The Bertz CT molecular complexity index is 396. The second kappa shape index (κ2) is 7.98. The number of ketones is 1. The lowest BCUT2D eigenvalue weighted by Crippen LogP contribution is -2.17. The third-order valence-corrected chi connectivity index (χ3v) is 3.28. The van der Waals surface area contributed by atoms with Crippen molar-refractivity contribution in [2.75, 3.05) is 0 Å². The zero-order chi connectivity index (χ0) is 14.3. The Balaban J connectivity index is 2.90. The van der Waals surface area contributed by atoms with Crippen LogP contribution in [-0.2, 0) is 0 Å². The predicted molar refractivity (Wildman–Crippen MR) is 79.8 cm³/mol. The summed E-state index contributed by atoms with van der Waals surface area (Å²) in [5.41, 5.74) is 0.735. The molecule has 0 aliphatic rings. The van der Waals surface area contributed by atoms with Gasteiger partial charge in [-0.05, 0) is 38.8 Å². The molecule has 0 aliphatic heterocycles. The minimum atomic E-state index is 0.0877.